The summed E-state index contributed by atoms with van der Waals surface area (Å²) in [5, 5.41) is 3.69. The standard InChI is InChI=1S/C17H25NO/c1-2-6-14(7-3-1)15-12-16(13-15)18-10-9-17-8-4-5-11-19-17/h1-3,6-7,15-18H,4-5,8-13H2. The van der Waals surface area contributed by atoms with E-state index in [9.17, 15) is 0 Å². The second-order valence-corrected chi connectivity index (χ2v) is 6.01. The molecule has 3 rings (SSSR count). The van der Waals surface area contributed by atoms with E-state index in [0.717, 1.165) is 25.1 Å². The van der Waals surface area contributed by atoms with Gasteiger partial charge in [-0.2, -0.15) is 0 Å². The lowest BCUT2D eigenvalue weighted by atomic mass is 9.76. The van der Waals surface area contributed by atoms with E-state index in [-0.39, 0.29) is 0 Å². The van der Waals surface area contributed by atoms with Crippen LogP contribution in [0.3, 0.4) is 0 Å². The average molecular weight is 259 g/mol. The van der Waals surface area contributed by atoms with Crippen LogP contribution < -0.4 is 5.32 Å². The highest BCUT2D eigenvalue weighted by molar-refractivity contribution is 5.22. The van der Waals surface area contributed by atoms with Crippen molar-refractivity contribution in [2.45, 2.75) is 56.6 Å². The molecule has 1 saturated heterocycles. The van der Waals surface area contributed by atoms with E-state index < -0.39 is 0 Å². The Bertz CT molecular complexity index is 366. The first kappa shape index (κ1) is 13.1. The number of rotatable bonds is 5. The summed E-state index contributed by atoms with van der Waals surface area (Å²) >= 11 is 0. The molecule has 0 spiro atoms. The van der Waals surface area contributed by atoms with Crippen molar-refractivity contribution in [2.75, 3.05) is 13.2 Å². The van der Waals surface area contributed by atoms with Crippen molar-refractivity contribution < 1.29 is 4.74 Å². The Hall–Kier alpha value is -0.860. The minimum absolute atomic E-state index is 0.520. The summed E-state index contributed by atoms with van der Waals surface area (Å²) in [6.45, 7) is 2.10. The third-order valence-corrected chi connectivity index (χ3v) is 4.58. The lowest BCUT2D eigenvalue weighted by Crippen LogP contribution is -2.41. The molecule has 0 aromatic heterocycles. The molecule has 1 unspecified atom stereocenters. The number of nitrogens with one attached hydrogen (secondary N) is 1. The van der Waals surface area contributed by atoms with Crippen LogP contribution in [0.5, 0.6) is 0 Å². The van der Waals surface area contributed by atoms with Gasteiger partial charge >= 0.3 is 0 Å². The Morgan fingerprint density at radius 1 is 1.11 bits per heavy atom. The van der Waals surface area contributed by atoms with Gasteiger partial charge < -0.3 is 10.1 Å². The molecule has 1 aliphatic carbocycles. The molecular weight excluding hydrogens is 234 g/mol. The quantitative estimate of drug-likeness (QED) is 0.874. The van der Waals surface area contributed by atoms with Gasteiger partial charge in [0.05, 0.1) is 6.10 Å². The van der Waals surface area contributed by atoms with E-state index in [2.05, 4.69) is 35.6 Å². The van der Waals surface area contributed by atoms with E-state index in [1.54, 1.807) is 0 Å². The first-order chi connectivity index (χ1) is 9.42. The molecule has 19 heavy (non-hydrogen) atoms. The Labute approximate surface area is 116 Å². The van der Waals surface area contributed by atoms with Crippen LogP contribution in [0.25, 0.3) is 0 Å². The molecule has 2 aliphatic rings. The van der Waals surface area contributed by atoms with Crippen LogP contribution in [0.2, 0.25) is 0 Å². The second-order valence-electron chi connectivity index (χ2n) is 6.01. The molecule has 2 fully saturated rings. The molecule has 1 aromatic carbocycles. The molecule has 1 N–H and O–H groups in total. The van der Waals surface area contributed by atoms with Crippen LogP contribution in [-0.4, -0.2) is 25.3 Å². The molecule has 104 valence electrons. The van der Waals surface area contributed by atoms with Gasteiger partial charge in [-0.1, -0.05) is 30.3 Å². The van der Waals surface area contributed by atoms with Gasteiger partial charge in [0.15, 0.2) is 0 Å². The van der Waals surface area contributed by atoms with Crippen molar-refractivity contribution >= 4 is 0 Å². The summed E-state index contributed by atoms with van der Waals surface area (Å²) < 4.78 is 5.76. The van der Waals surface area contributed by atoms with Crippen LogP contribution >= 0.6 is 0 Å². The van der Waals surface area contributed by atoms with Crippen LogP contribution in [0, 0.1) is 0 Å². The fourth-order valence-corrected chi connectivity index (χ4v) is 3.27. The molecule has 2 nitrogen and oxygen atoms in total. The molecule has 0 amide bonds. The zero-order valence-electron chi connectivity index (χ0n) is 11.7. The molecule has 2 heteroatoms. The van der Waals surface area contributed by atoms with Gasteiger partial charge in [0.1, 0.15) is 0 Å². The van der Waals surface area contributed by atoms with Crippen LogP contribution in [0.15, 0.2) is 30.3 Å². The predicted octanol–water partition coefficient (Wildman–Crippen LogP) is 3.48. The van der Waals surface area contributed by atoms with Gasteiger partial charge in [0.2, 0.25) is 0 Å². The number of hydrogen-bond acceptors (Lipinski definition) is 2. The maximum absolute atomic E-state index is 5.76. The Balaban J connectivity index is 1.31. The minimum Gasteiger partial charge on any atom is -0.378 e. The van der Waals surface area contributed by atoms with E-state index in [4.69, 9.17) is 4.74 Å². The Morgan fingerprint density at radius 3 is 2.68 bits per heavy atom. The summed E-state index contributed by atoms with van der Waals surface area (Å²) in [4.78, 5) is 0. The van der Waals surface area contributed by atoms with Crippen molar-refractivity contribution in [3.63, 3.8) is 0 Å². The van der Waals surface area contributed by atoms with Crippen molar-refractivity contribution in [3.8, 4) is 0 Å². The second kappa shape index (κ2) is 6.53. The molecule has 0 bridgehead atoms. The van der Waals surface area contributed by atoms with Gasteiger partial charge in [-0.15, -0.1) is 0 Å². The Morgan fingerprint density at radius 2 is 1.95 bits per heavy atom. The van der Waals surface area contributed by atoms with Gasteiger partial charge in [-0.3, -0.25) is 0 Å². The third-order valence-electron chi connectivity index (χ3n) is 4.58. The zero-order chi connectivity index (χ0) is 12.9. The smallest absolute Gasteiger partial charge is 0.0587 e. The number of ether oxygens (including phenoxy) is 1. The lowest BCUT2D eigenvalue weighted by molar-refractivity contribution is 0.0107. The molecule has 1 heterocycles. The minimum atomic E-state index is 0.520. The van der Waals surface area contributed by atoms with Gasteiger partial charge in [-0.05, 0) is 56.6 Å². The summed E-state index contributed by atoms with van der Waals surface area (Å²) in [6.07, 6.45) is 8.18. The first-order valence-electron chi connectivity index (χ1n) is 7.82. The maximum atomic E-state index is 5.76. The SMILES string of the molecule is c1ccc(C2CC(NCCC3CCCCO3)C2)cc1. The van der Waals surface area contributed by atoms with Crippen molar-refractivity contribution in [2.24, 2.45) is 0 Å². The summed E-state index contributed by atoms with van der Waals surface area (Å²) in [7, 11) is 0. The third kappa shape index (κ3) is 3.58. The molecule has 1 aliphatic heterocycles. The predicted molar refractivity (Wildman–Crippen MR) is 78.4 cm³/mol. The highest BCUT2D eigenvalue weighted by atomic mass is 16.5. The summed E-state index contributed by atoms with van der Waals surface area (Å²) in [5.74, 6) is 0.782. The van der Waals surface area contributed by atoms with Gasteiger partial charge in [-0.25, -0.2) is 0 Å². The first-order valence-corrected chi connectivity index (χ1v) is 7.82. The van der Waals surface area contributed by atoms with E-state index in [0.29, 0.717) is 6.10 Å². The highest BCUT2D eigenvalue weighted by Crippen LogP contribution is 2.36. The largest absolute Gasteiger partial charge is 0.378 e. The zero-order valence-corrected chi connectivity index (χ0v) is 11.7. The normalized spacial score (nSPS) is 30.8. The molecule has 1 atom stereocenters. The summed E-state index contributed by atoms with van der Waals surface area (Å²) in [6, 6.07) is 11.6. The van der Waals surface area contributed by atoms with Crippen molar-refractivity contribution in [3.05, 3.63) is 35.9 Å². The van der Waals surface area contributed by atoms with Gasteiger partial charge in [0.25, 0.3) is 0 Å². The molecule has 0 radical (unpaired) electrons. The van der Waals surface area contributed by atoms with Crippen LogP contribution in [0.1, 0.15) is 50.0 Å². The fourth-order valence-electron chi connectivity index (χ4n) is 3.27. The van der Waals surface area contributed by atoms with Crippen LogP contribution in [0.4, 0.5) is 0 Å². The maximum Gasteiger partial charge on any atom is 0.0587 e. The molecule has 1 saturated carbocycles. The van der Waals surface area contributed by atoms with E-state index >= 15 is 0 Å². The summed E-state index contributed by atoms with van der Waals surface area (Å²) in [5.41, 5.74) is 1.51. The van der Waals surface area contributed by atoms with Crippen LogP contribution in [-0.2, 0) is 4.74 Å². The molecular formula is C17H25NO. The monoisotopic (exact) mass is 259 g/mol. The van der Waals surface area contributed by atoms with Crippen molar-refractivity contribution in [1.29, 1.82) is 0 Å². The fraction of sp³-hybridized carbons (Fsp3) is 0.647. The highest BCUT2D eigenvalue weighted by Gasteiger charge is 2.29. The molecule has 1 aromatic rings. The van der Waals surface area contributed by atoms with Crippen molar-refractivity contribution in [1.82, 2.24) is 5.32 Å². The Kier molecular flexibility index (Phi) is 4.52. The number of hydrogen-bond donors (Lipinski definition) is 1. The van der Waals surface area contributed by atoms with E-state index in [1.165, 1.54) is 44.1 Å². The topological polar surface area (TPSA) is 21.3 Å². The average Bonchev–Trinajstić information content (AvgIpc) is 2.43. The lowest BCUT2D eigenvalue weighted by Gasteiger charge is -2.37. The number of benzene rings is 1. The van der Waals surface area contributed by atoms with Gasteiger partial charge in [0, 0.05) is 12.6 Å². The van der Waals surface area contributed by atoms with E-state index in [1.807, 2.05) is 0 Å².